The first kappa shape index (κ1) is 29.6. The highest BCUT2D eigenvalue weighted by atomic mass is 79.9. The molecule has 0 atom stereocenters. The Labute approximate surface area is 239 Å². The summed E-state index contributed by atoms with van der Waals surface area (Å²) in [5.74, 6) is -0.451. The molecule has 1 aliphatic heterocycles. The van der Waals surface area contributed by atoms with Crippen molar-refractivity contribution in [1.29, 1.82) is 0 Å². The van der Waals surface area contributed by atoms with Gasteiger partial charge < -0.3 is 20.9 Å². The number of piperidine rings is 1. The number of nitrogens with one attached hydrogen (secondary N) is 3. The Bertz CT molecular complexity index is 1310. The maximum Gasteiger partial charge on any atom is 0.274 e. The summed E-state index contributed by atoms with van der Waals surface area (Å²) in [4.78, 5) is 41.5. The van der Waals surface area contributed by atoms with E-state index in [-0.39, 0.29) is 17.6 Å². The number of halogens is 3. The SMILES string of the molecule is CN(C)C=O.Cc1cc(Cl)cc(C(=O)NC2CCNCC2)c1NC(=O)c1cc(Br)nn1-c1ncccc1Cl. The van der Waals surface area contributed by atoms with Crippen LogP contribution < -0.4 is 16.0 Å². The third-order valence-corrected chi connectivity index (χ3v) is 6.42. The minimum Gasteiger partial charge on any atom is -0.351 e. The van der Waals surface area contributed by atoms with Crippen LogP contribution in [0.2, 0.25) is 10.0 Å². The highest BCUT2D eigenvalue weighted by Gasteiger charge is 2.24. The lowest BCUT2D eigenvalue weighted by Crippen LogP contribution is -2.43. The number of aromatic nitrogens is 3. The van der Waals surface area contributed by atoms with Crippen molar-refractivity contribution in [3.8, 4) is 5.82 Å². The maximum absolute atomic E-state index is 13.3. The molecule has 3 amide bonds. The van der Waals surface area contributed by atoms with Gasteiger partial charge in [0, 0.05) is 37.4 Å². The van der Waals surface area contributed by atoms with Gasteiger partial charge in [-0.05, 0) is 78.6 Å². The topological polar surface area (TPSA) is 121 Å². The molecular formula is C25H28BrCl2N7O3. The van der Waals surface area contributed by atoms with Crippen molar-refractivity contribution in [2.45, 2.75) is 25.8 Å². The summed E-state index contributed by atoms with van der Waals surface area (Å²) in [5.41, 5.74) is 1.54. The summed E-state index contributed by atoms with van der Waals surface area (Å²) in [5, 5.41) is 14.2. The van der Waals surface area contributed by atoms with E-state index in [9.17, 15) is 14.4 Å². The van der Waals surface area contributed by atoms with Gasteiger partial charge in [-0.1, -0.05) is 23.2 Å². The van der Waals surface area contributed by atoms with E-state index in [1.807, 2.05) is 0 Å². The molecule has 3 aromatic rings. The molecule has 0 saturated carbocycles. The van der Waals surface area contributed by atoms with Crippen LogP contribution >= 0.6 is 39.1 Å². The normalized spacial score (nSPS) is 13.2. The largest absolute Gasteiger partial charge is 0.351 e. The van der Waals surface area contributed by atoms with E-state index in [1.54, 1.807) is 57.5 Å². The summed E-state index contributed by atoms with van der Waals surface area (Å²) < 4.78 is 1.79. The number of carbonyl (C=O) groups excluding carboxylic acids is 3. The average molecular weight is 625 g/mol. The molecule has 1 saturated heterocycles. The maximum atomic E-state index is 13.3. The summed E-state index contributed by atoms with van der Waals surface area (Å²) >= 11 is 15.8. The predicted molar refractivity (Wildman–Crippen MR) is 151 cm³/mol. The quantitative estimate of drug-likeness (QED) is 0.355. The van der Waals surface area contributed by atoms with E-state index in [0.717, 1.165) is 32.3 Å². The summed E-state index contributed by atoms with van der Waals surface area (Å²) in [6, 6.07) is 8.22. The molecule has 0 bridgehead atoms. The molecule has 38 heavy (non-hydrogen) atoms. The number of hydrogen-bond acceptors (Lipinski definition) is 6. The van der Waals surface area contributed by atoms with Crippen molar-refractivity contribution >= 4 is 63.0 Å². The Morgan fingerprint density at radius 3 is 2.50 bits per heavy atom. The van der Waals surface area contributed by atoms with E-state index in [4.69, 9.17) is 23.2 Å². The second-order valence-corrected chi connectivity index (χ2v) is 10.4. The fourth-order valence-corrected chi connectivity index (χ4v) is 4.55. The van der Waals surface area contributed by atoms with E-state index >= 15 is 0 Å². The van der Waals surface area contributed by atoms with Crippen molar-refractivity contribution in [2.75, 3.05) is 32.5 Å². The minimum atomic E-state index is -0.476. The number of anilines is 1. The number of carbonyl (C=O) groups is 3. The van der Waals surface area contributed by atoms with Crippen molar-refractivity contribution in [3.63, 3.8) is 0 Å². The average Bonchev–Trinajstić information content (AvgIpc) is 3.28. The number of hydrogen-bond donors (Lipinski definition) is 3. The van der Waals surface area contributed by atoms with Gasteiger partial charge in [-0.15, -0.1) is 0 Å². The van der Waals surface area contributed by atoms with Crippen molar-refractivity contribution in [1.82, 2.24) is 30.3 Å². The molecule has 1 fully saturated rings. The van der Waals surface area contributed by atoms with Crippen molar-refractivity contribution in [3.05, 3.63) is 68.0 Å². The highest BCUT2D eigenvalue weighted by Crippen LogP contribution is 2.28. The van der Waals surface area contributed by atoms with Gasteiger partial charge in [-0.3, -0.25) is 14.4 Å². The van der Waals surface area contributed by atoms with Gasteiger partial charge in [0.1, 0.15) is 10.3 Å². The number of amides is 3. The van der Waals surface area contributed by atoms with Crippen LogP contribution in [0.15, 0.2) is 41.1 Å². The van der Waals surface area contributed by atoms with Gasteiger partial charge in [0.25, 0.3) is 11.8 Å². The molecule has 3 heterocycles. The van der Waals surface area contributed by atoms with E-state index < -0.39 is 5.91 Å². The zero-order chi connectivity index (χ0) is 27.8. The fraction of sp³-hybridized carbons (Fsp3) is 0.320. The van der Waals surface area contributed by atoms with E-state index in [0.29, 0.717) is 37.3 Å². The van der Waals surface area contributed by atoms with Crippen molar-refractivity contribution < 1.29 is 14.4 Å². The van der Waals surface area contributed by atoms with Gasteiger partial charge in [0.2, 0.25) is 6.41 Å². The van der Waals surface area contributed by atoms with Gasteiger partial charge in [-0.2, -0.15) is 5.10 Å². The smallest absolute Gasteiger partial charge is 0.274 e. The first-order valence-electron chi connectivity index (χ1n) is 11.7. The standard InChI is InChI=1S/C22H21BrCl2N6O2.C3H7NO/c1-12-9-13(24)10-15(21(32)28-14-4-7-26-8-5-14)19(12)29-22(33)17-11-18(23)30-31(17)20-16(25)3-2-6-27-20;1-4(2)3-5/h2-3,6,9-11,14,26H,4-5,7-8H2,1H3,(H,28,32)(H,29,33);3H,1-2H3. The molecule has 1 aromatic carbocycles. The van der Waals surface area contributed by atoms with Crippen LogP contribution in [0.4, 0.5) is 5.69 Å². The number of rotatable bonds is 6. The molecule has 13 heteroatoms. The lowest BCUT2D eigenvalue weighted by molar-refractivity contribution is -0.115. The Hall–Kier alpha value is -2.99. The summed E-state index contributed by atoms with van der Waals surface area (Å²) in [6.07, 6.45) is 3.99. The highest BCUT2D eigenvalue weighted by molar-refractivity contribution is 9.10. The monoisotopic (exact) mass is 623 g/mol. The number of benzene rings is 1. The van der Waals surface area contributed by atoms with Crippen LogP contribution in [-0.4, -0.2) is 71.1 Å². The Balaban J connectivity index is 0.000000732. The van der Waals surface area contributed by atoms with E-state index in [2.05, 4.69) is 42.0 Å². The lowest BCUT2D eigenvalue weighted by Gasteiger charge is -2.24. The molecule has 0 radical (unpaired) electrons. The first-order chi connectivity index (χ1) is 18.1. The Morgan fingerprint density at radius 2 is 1.87 bits per heavy atom. The van der Waals surface area contributed by atoms with Crippen LogP contribution in [0.25, 0.3) is 5.82 Å². The number of pyridine rings is 1. The molecule has 202 valence electrons. The van der Waals surface area contributed by atoms with Gasteiger partial charge in [-0.25, -0.2) is 9.67 Å². The molecule has 0 unspecified atom stereocenters. The molecule has 0 aliphatic carbocycles. The molecular weight excluding hydrogens is 597 g/mol. The molecule has 4 rings (SSSR count). The van der Waals surface area contributed by atoms with Crippen LogP contribution in [0.1, 0.15) is 39.3 Å². The fourth-order valence-electron chi connectivity index (χ4n) is 3.70. The van der Waals surface area contributed by atoms with Crippen LogP contribution in [0.3, 0.4) is 0 Å². The first-order valence-corrected chi connectivity index (χ1v) is 13.3. The van der Waals surface area contributed by atoms with Gasteiger partial charge >= 0.3 is 0 Å². The van der Waals surface area contributed by atoms with E-state index in [1.165, 1.54) is 9.58 Å². The van der Waals surface area contributed by atoms with Gasteiger partial charge in [0.15, 0.2) is 5.82 Å². The molecule has 0 spiro atoms. The zero-order valence-corrected chi connectivity index (χ0v) is 24.2. The minimum absolute atomic E-state index is 0.0604. The second kappa shape index (κ2) is 13.7. The lowest BCUT2D eigenvalue weighted by atomic mass is 10.0. The Kier molecular flexibility index (Phi) is 10.7. The summed E-state index contributed by atoms with van der Waals surface area (Å²) in [6.45, 7) is 3.47. The van der Waals surface area contributed by atoms with Crippen LogP contribution in [0.5, 0.6) is 0 Å². The summed E-state index contributed by atoms with van der Waals surface area (Å²) in [7, 11) is 3.38. The zero-order valence-electron chi connectivity index (χ0n) is 21.1. The van der Waals surface area contributed by atoms with Gasteiger partial charge in [0.05, 0.1) is 16.3 Å². The van der Waals surface area contributed by atoms with Crippen LogP contribution in [0, 0.1) is 6.92 Å². The number of nitrogens with zero attached hydrogens (tertiary/aromatic N) is 4. The third kappa shape index (κ3) is 7.76. The predicted octanol–water partition coefficient (Wildman–Crippen LogP) is 4.08. The van der Waals surface area contributed by atoms with Crippen molar-refractivity contribution in [2.24, 2.45) is 0 Å². The third-order valence-electron chi connectivity index (χ3n) is 5.52. The number of aryl methyl sites for hydroxylation is 1. The Morgan fingerprint density at radius 1 is 1.18 bits per heavy atom. The second-order valence-electron chi connectivity index (χ2n) is 8.74. The molecule has 1 aliphatic rings. The van der Waals surface area contributed by atoms with Crippen LogP contribution in [-0.2, 0) is 4.79 Å². The molecule has 2 aromatic heterocycles. The molecule has 3 N–H and O–H groups in total. The molecule has 10 nitrogen and oxygen atoms in total.